The maximum Gasteiger partial charge on any atom is 0.340 e. The maximum atomic E-state index is 13.2. The van der Waals surface area contributed by atoms with Crippen molar-refractivity contribution in [2.75, 3.05) is 12.4 Å². The Morgan fingerprint density at radius 2 is 1.58 bits per heavy atom. The molecule has 0 spiro atoms. The predicted molar refractivity (Wildman–Crippen MR) is 128 cm³/mol. The van der Waals surface area contributed by atoms with Crippen molar-refractivity contribution < 1.29 is 23.5 Å². The molecule has 0 aliphatic carbocycles. The van der Waals surface area contributed by atoms with Crippen molar-refractivity contribution in [3.63, 3.8) is 0 Å². The lowest BCUT2D eigenvalue weighted by Gasteiger charge is -2.21. The summed E-state index contributed by atoms with van der Waals surface area (Å²) in [6.07, 6.45) is 3.76. The van der Waals surface area contributed by atoms with E-state index in [-0.39, 0.29) is 11.1 Å². The monoisotopic (exact) mass is 447 g/mol. The van der Waals surface area contributed by atoms with Gasteiger partial charge in [0.1, 0.15) is 17.2 Å². The third-order valence-electron chi connectivity index (χ3n) is 4.58. The Morgan fingerprint density at radius 3 is 2.21 bits per heavy atom. The van der Waals surface area contributed by atoms with Gasteiger partial charge in [-0.05, 0) is 80.4 Å². The van der Waals surface area contributed by atoms with Crippen LogP contribution in [-0.2, 0) is 4.74 Å². The molecule has 6 heteroatoms. The van der Waals surface area contributed by atoms with Crippen LogP contribution < -0.4 is 10.1 Å². The van der Waals surface area contributed by atoms with Gasteiger partial charge in [-0.25, -0.2) is 9.18 Å². The van der Waals surface area contributed by atoms with E-state index < -0.39 is 23.3 Å². The van der Waals surface area contributed by atoms with Gasteiger partial charge in [-0.2, -0.15) is 0 Å². The van der Waals surface area contributed by atoms with Crippen molar-refractivity contribution in [2.45, 2.75) is 26.4 Å². The van der Waals surface area contributed by atoms with Crippen molar-refractivity contribution in [1.29, 1.82) is 0 Å². The van der Waals surface area contributed by atoms with Gasteiger partial charge in [0.15, 0.2) is 0 Å². The van der Waals surface area contributed by atoms with Gasteiger partial charge < -0.3 is 14.8 Å². The Balaban J connectivity index is 1.93. The summed E-state index contributed by atoms with van der Waals surface area (Å²) in [5.74, 6) is -0.718. The highest BCUT2D eigenvalue weighted by Crippen LogP contribution is 2.24. The van der Waals surface area contributed by atoms with E-state index in [1.54, 1.807) is 46.1 Å². The number of benzene rings is 3. The van der Waals surface area contributed by atoms with Gasteiger partial charge in [0.2, 0.25) is 0 Å². The number of carbonyl (C=O) groups excluding carboxylic acids is 2. The first-order valence-corrected chi connectivity index (χ1v) is 10.4. The zero-order valence-electron chi connectivity index (χ0n) is 19.0. The fourth-order valence-corrected chi connectivity index (χ4v) is 3.01. The number of esters is 1. The molecule has 0 aliphatic rings. The Morgan fingerprint density at radius 1 is 0.909 bits per heavy atom. The SMILES string of the molecule is COc1cccc(C=Cc2ccc(C(=O)OC(C)(C)C)c(NC(=O)c3ccc(F)cc3)c2)c1. The van der Waals surface area contributed by atoms with Gasteiger partial charge in [0.05, 0.1) is 18.4 Å². The van der Waals surface area contributed by atoms with Crippen LogP contribution in [0.4, 0.5) is 10.1 Å². The molecule has 3 aromatic rings. The number of hydrogen-bond donors (Lipinski definition) is 1. The predicted octanol–water partition coefficient (Wildman–Crippen LogP) is 6.21. The number of amides is 1. The van der Waals surface area contributed by atoms with Gasteiger partial charge in [0.25, 0.3) is 5.91 Å². The molecular weight excluding hydrogens is 421 g/mol. The number of hydrogen-bond acceptors (Lipinski definition) is 4. The first-order chi connectivity index (χ1) is 15.6. The molecule has 1 N–H and O–H groups in total. The number of carbonyl (C=O) groups is 2. The number of methoxy groups -OCH3 is 1. The summed E-state index contributed by atoms with van der Waals surface area (Å²) in [5, 5.41) is 2.75. The summed E-state index contributed by atoms with van der Waals surface area (Å²) in [6, 6.07) is 17.8. The fourth-order valence-electron chi connectivity index (χ4n) is 3.01. The molecule has 0 radical (unpaired) electrons. The molecule has 5 nitrogen and oxygen atoms in total. The van der Waals surface area contributed by atoms with Crippen LogP contribution in [0.25, 0.3) is 12.2 Å². The van der Waals surface area contributed by atoms with Crippen LogP contribution >= 0.6 is 0 Å². The van der Waals surface area contributed by atoms with Crippen molar-refractivity contribution in [1.82, 2.24) is 0 Å². The van der Waals surface area contributed by atoms with Crippen molar-refractivity contribution in [3.8, 4) is 5.75 Å². The quantitative estimate of drug-likeness (QED) is 0.360. The van der Waals surface area contributed by atoms with Gasteiger partial charge in [-0.3, -0.25) is 4.79 Å². The van der Waals surface area contributed by atoms with E-state index in [1.807, 2.05) is 36.4 Å². The van der Waals surface area contributed by atoms with E-state index in [0.29, 0.717) is 5.69 Å². The Hall–Kier alpha value is -3.93. The normalized spacial score (nSPS) is 11.3. The van der Waals surface area contributed by atoms with Crippen LogP contribution in [0, 0.1) is 5.82 Å². The highest BCUT2D eigenvalue weighted by molar-refractivity contribution is 6.08. The molecule has 3 rings (SSSR count). The van der Waals surface area contributed by atoms with Gasteiger partial charge in [0, 0.05) is 5.56 Å². The minimum Gasteiger partial charge on any atom is -0.497 e. The van der Waals surface area contributed by atoms with Crippen molar-refractivity contribution >= 4 is 29.7 Å². The highest BCUT2D eigenvalue weighted by atomic mass is 19.1. The van der Waals surface area contributed by atoms with Gasteiger partial charge in [-0.15, -0.1) is 0 Å². The molecular formula is C27H26FNO4. The van der Waals surface area contributed by atoms with Crippen LogP contribution in [0.15, 0.2) is 66.7 Å². The Labute approximate surface area is 192 Å². The lowest BCUT2D eigenvalue weighted by atomic mass is 10.1. The topological polar surface area (TPSA) is 64.6 Å². The molecule has 33 heavy (non-hydrogen) atoms. The molecule has 0 bridgehead atoms. The Kier molecular flexibility index (Phi) is 7.28. The molecule has 0 atom stereocenters. The molecule has 0 unspecified atom stereocenters. The highest BCUT2D eigenvalue weighted by Gasteiger charge is 2.21. The summed E-state index contributed by atoms with van der Waals surface area (Å²) < 4.78 is 24.0. The summed E-state index contributed by atoms with van der Waals surface area (Å²) in [4.78, 5) is 25.5. The standard InChI is InChI=1S/C27H26FNO4/c1-27(2,3)33-26(31)23-15-10-19(9-8-18-6-5-7-22(16-18)32-4)17-24(23)29-25(30)20-11-13-21(28)14-12-20/h5-17H,1-4H3,(H,29,30). The molecule has 0 saturated carbocycles. The molecule has 0 fully saturated rings. The molecule has 0 saturated heterocycles. The number of rotatable bonds is 6. The number of halogens is 1. The molecule has 170 valence electrons. The average molecular weight is 448 g/mol. The van der Waals surface area contributed by atoms with E-state index >= 15 is 0 Å². The third-order valence-corrected chi connectivity index (χ3v) is 4.58. The molecule has 0 aliphatic heterocycles. The molecule has 1 amide bonds. The van der Waals surface area contributed by atoms with E-state index in [0.717, 1.165) is 16.9 Å². The zero-order chi connectivity index (χ0) is 24.0. The van der Waals surface area contributed by atoms with Gasteiger partial charge >= 0.3 is 5.97 Å². The average Bonchev–Trinajstić information content (AvgIpc) is 2.77. The smallest absolute Gasteiger partial charge is 0.340 e. The second-order valence-corrected chi connectivity index (χ2v) is 8.38. The number of nitrogens with one attached hydrogen (secondary N) is 1. The fraction of sp³-hybridized carbons (Fsp3) is 0.185. The van der Waals surface area contributed by atoms with Crippen LogP contribution in [0.1, 0.15) is 52.6 Å². The van der Waals surface area contributed by atoms with E-state index in [9.17, 15) is 14.0 Å². The third kappa shape index (κ3) is 6.77. The summed E-state index contributed by atoms with van der Waals surface area (Å²) in [6.45, 7) is 5.31. The maximum absolute atomic E-state index is 13.2. The summed E-state index contributed by atoms with van der Waals surface area (Å²) in [5.41, 5.74) is 1.79. The van der Waals surface area contributed by atoms with Gasteiger partial charge in [-0.1, -0.05) is 30.4 Å². The lowest BCUT2D eigenvalue weighted by Crippen LogP contribution is -2.25. The van der Waals surface area contributed by atoms with Crippen LogP contribution in [0.5, 0.6) is 5.75 Å². The van der Waals surface area contributed by atoms with Crippen molar-refractivity contribution in [2.24, 2.45) is 0 Å². The largest absolute Gasteiger partial charge is 0.497 e. The Bertz CT molecular complexity index is 1180. The first-order valence-electron chi connectivity index (χ1n) is 10.4. The lowest BCUT2D eigenvalue weighted by molar-refractivity contribution is 0.00707. The molecule has 0 heterocycles. The van der Waals surface area contributed by atoms with E-state index in [1.165, 1.54) is 24.3 Å². The second-order valence-electron chi connectivity index (χ2n) is 8.38. The van der Waals surface area contributed by atoms with Crippen LogP contribution in [-0.4, -0.2) is 24.6 Å². The van der Waals surface area contributed by atoms with Crippen LogP contribution in [0.2, 0.25) is 0 Å². The minimum absolute atomic E-state index is 0.221. The summed E-state index contributed by atoms with van der Waals surface area (Å²) >= 11 is 0. The molecule has 0 aromatic heterocycles. The number of ether oxygens (including phenoxy) is 2. The van der Waals surface area contributed by atoms with E-state index in [2.05, 4.69) is 5.32 Å². The summed E-state index contributed by atoms with van der Waals surface area (Å²) in [7, 11) is 1.61. The van der Waals surface area contributed by atoms with Crippen molar-refractivity contribution in [3.05, 3.63) is 94.8 Å². The number of anilines is 1. The second kappa shape index (κ2) is 10.1. The van der Waals surface area contributed by atoms with Crippen LogP contribution in [0.3, 0.4) is 0 Å². The first kappa shape index (κ1) is 23.7. The zero-order valence-corrected chi connectivity index (χ0v) is 19.0. The minimum atomic E-state index is -0.694. The van der Waals surface area contributed by atoms with E-state index in [4.69, 9.17) is 9.47 Å². The molecule has 3 aromatic carbocycles.